The van der Waals surface area contributed by atoms with Gasteiger partial charge in [0.15, 0.2) is 5.58 Å². The van der Waals surface area contributed by atoms with Crippen LogP contribution in [0.2, 0.25) is 0 Å². The maximum absolute atomic E-state index is 13.4. The molecule has 182 valence electrons. The predicted octanol–water partition coefficient (Wildman–Crippen LogP) is 6.94. The number of hydrogen-bond donors (Lipinski definition) is 1. The Kier molecular flexibility index (Phi) is 7.23. The second kappa shape index (κ2) is 10.7. The molecule has 0 saturated carbocycles. The monoisotopic (exact) mass is 514 g/mol. The Balaban J connectivity index is 1.32. The first-order valence-electron chi connectivity index (χ1n) is 11.7. The van der Waals surface area contributed by atoms with Crippen molar-refractivity contribution in [2.24, 2.45) is 0 Å². The number of thioether (sulfide) groups is 1. The van der Waals surface area contributed by atoms with Crippen molar-refractivity contribution < 1.29 is 12.8 Å². The molecule has 36 heavy (non-hydrogen) atoms. The van der Waals surface area contributed by atoms with Crippen molar-refractivity contribution >= 4 is 32.9 Å². The molecular formula is C29H26N2O3S2. The molecule has 0 aliphatic rings. The number of rotatable bonds is 9. The van der Waals surface area contributed by atoms with Crippen molar-refractivity contribution in [3.05, 3.63) is 126 Å². The zero-order valence-electron chi connectivity index (χ0n) is 19.7. The molecule has 5 nitrogen and oxygen atoms in total. The molecule has 0 aliphatic carbocycles. The lowest BCUT2D eigenvalue weighted by molar-refractivity contribution is 0.489. The van der Waals surface area contributed by atoms with E-state index < -0.39 is 16.1 Å². The van der Waals surface area contributed by atoms with Crippen molar-refractivity contribution in [3.63, 3.8) is 0 Å². The zero-order valence-corrected chi connectivity index (χ0v) is 21.4. The normalized spacial score (nSPS) is 13.5. The zero-order chi connectivity index (χ0) is 25.0. The summed E-state index contributed by atoms with van der Waals surface area (Å²) in [6, 6.07) is 33.9. The van der Waals surface area contributed by atoms with Crippen molar-refractivity contribution in [3.8, 4) is 0 Å². The summed E-state index contributed by atoms with van der Waals surface area (Å²) < 4.78 is 35.5. The van der Waals surface area contributed by atoms with Crippen LogP contribution in [0.25, 0.3) is 11.1 Å². The van der Waals surface area contributed by atoms with Gasteiger partial charge in [0, 0.05) is 11.7 Å². The van der Waals surface area contributed by atoms with Gasteiger partial charge in [-0.05, 0) is 41.0 Å². The minimum atomic E-state index is -3.75. The van der Waals surface area contributed by atoms with Crippen LogP contribution in [0.5, 0.6) is 0 Å². The molecule has 7 heteroatoms. The SMILES string of the molecule is CC(c1ccccc1)C(NS(=O)(=O)c1ccc(CSc2nc3ccccc3o2)cc1)c1ccccc1. The van der Waals surface area contributed by atoms with E-state index in [0.717, 1.165) is 27.8 Å². The lowest BCUT2D eigenvalue weighted by Crippen LogP contribution is -2.32. The summed E-state index contributed by atoms with van der Waals surface area (Å²) in [6.07, 6.45) is 0. The van der Waals surface area contributed by atoms with E-state index >= 15 is 0 Å². The van der Waals surface area contributed by atoms with Crippen LogP contribution in [0.3, 0.4) is 0 Å². The number of aromatic nitrogens is 1. The van der Waals surface area contributed by atoms with Crippen LogP contribution in [0, 0.1) is 0 Å². The Morgan fingerprint density at radius 1 is 0.806 bits per heavy atom. The number of nitrogens with zero attached hydrogens (tertiary/aromatic N) is 1. The first kappa shape index (κ1) is 24.3. The molecule has 5 aromatic rings. The smallest absolute Gasteiger partial charge is 0.257 e. The predicted molar refractivity (Wildman–Crippen MR) is 144 cm³/mol. The fourth-order valence-corrected chi connectivity index (χ4v) is 6.23. The summed E-state index contributed by atoms with van der Waals surface area (Å²) >= 11 is 1.48. The summed E-state index contributed by atoms with van der Waals surface area (Å²) in [5.74, 6) is 0.563. The lowest BCUT2D eigenvalue weighted by Gasteiger charge is -2.26. The molecule has 0 amide bonds. The van der Waals surface area contributed by atoms with Crippen LogP contribution in [0.15, 0.2) is 124 Å². The van der Waals surface area contributed by atoms with Crippen molar-refractivity contribution in [1.82, 2.24) is 9.71 Å². The molecule has 4 aromatic carbocycles. The van der Waals surface area contributed by atoms with Gasteiger partial charge in [0.1, 0.15) is 5.52 Å². The van der Waals surface area contributed by atoms with Crippen molar-refractivity contribution in [1.29, 1.82) is 0 Å². The van der Waals surface area contributed by atoms with Crippen LogP contribution < -0.4 is 4.72 Å². The Morgan fingerprint density at radius 3 is 2.08 bits per heavy atom. The maximum Gasteiger partial charge on any atom is 0.257 e. The summed E-state index contributed by atoms with van der Waals surface area (Å²) in [4.78, 5) is 4.71. The molecule has 0 bridgehead atoms. The number of para-hydroxylation sites is 2. The summed E-state index contributed by atoms with van der Waals surface area (Å²) in [6.45, 7) is 2.04. The van der Waals surface area contributed by atoms with E-state index in [-0.39, 0.29) is 10.8 Å². The van der Waals surface area contributed by atoms with Gasteiger partial charge in [-0.1, -0.05) is 104 Å². The van der Waals surface area contributed by atoms with Crippen molar-refractivity contribution in [2.75, 3.05) is 0 Å². The molecule has 0 spiro atoms. The van der Waals surface area contributed by atoms with Crippen LogP contribution in [0.1, 0.15) is 35.6 Å². The summed E-state index contributed by atoms with van der Waals surface area (Å²) in [5.41, 5.74) is 4.55. The molecule has 1 aromatic heterocycles. The van der Waals surface area contributed by atoms with Gasteiger partial charge < -0.3 is 4.42 Å². The number of hydrogen-bond acceptors (Lipinski definition) is 5. The molecule has 5 rings (SSSR count). The Hall–Kier alpha value is -3.39. The maximum atomic E-state index is 13.4. The molecule has 0 aliphatic heterocycles. The fraction of sp³-hybridized carbons (Fsp3) is 0.138. The van der Waals surface area contributed by atoms with Gasteiger partial charge in [0.05, 0.1) is 10.9 Å². The number of nitrogens with one attached hydrogen (secondary N) is 1. The second-order valence-electron chi connectivity index (χ2n) is 8.59. The van der Waals surface area contributed by atoms with Gasteiger partial charge in [0.25, 0.3) is 5.22 Å². The van der Waals surface area contributed by atoms with Crippen LogP contribution in [-0.4, -0.2) is 13.4 Å². The molecule has 2 atom stereocenters. The highest BCUT2D eigenvalue weighted by molar-refractivity contribution is 7.98. The highest BCUT2D eigenvalue weighted by Crippen LogP contribution is 2.32. The summed E-state index contributed by atoms with van der Waals surface area (Å²) in [7, 11) is -3.75. The van der Waals surface area contributed by atoms with Gasteiger partial charge in [-0.2, -0.15) is 0 Å². The first-order chi connectivity index (χ1) is 17.5. The van der Waals surface area contributed by atoms with Gasteiger partial charge in [-0.15, -0.1) is 0 Å². The van der Waals surface area contributed by atoms with E-state index in [1.54, 1.807) is 12.1 Å². The minimum Gasteiger partial charge on any atom is -0.431 e. The molecule has 1 N–H and O–H groups in total. The van der Waals surface area contributed by atoms with Gasteiger partial charge in [-0.3, -0.25) is 0 Å². The first-order valence-corrected chi connectivity index (χ1v) is 14.2. The molecule has 2 unspecified atom stereocenters. The van der Waals surface area contributed by atoms with Gasteiger partial charge in [-0.25, -0.2) is 18.1 Å². The van der Waals surface area contributed by atoms with E-state index in [2.05, 4.69) is 9.71 Å². The Morgan fingerprint density at radius 2 is 1.42 bits per heavy atom. The van der Waals surface area contributed by atoms with E-state index in [0.29, 0.717) is 11.0 Å². The quantitative estimate of drug-likeness (QED) is 0.216. The third-order valence-electron chi connectivity index (χ3n) is 6.14. The lowest BCUT2D eigenvalue weighted by atomic mass is 9.89. The third kappa shape index (κ3) is 5.54. The van der Waals surface area contributed by atoms with Crippen LogP contribution in [0.4, 0.5) is 0 Å². The molecular weight excluding hydrogens is 488 g/mol. The number of oxazole rings is 1. The van der Waals surface area contributed by atoms with E-state index in [1.165, 1.54) is 11.8 Å². The third-order valence-corrected chi connectivity index (χ3v) is 8.49. The van der Waals surface area contributed by atoms with Gasteiger partial charge in [0.2, 0.25) is 10.0 Å². The molecule has 0 radical (unpaired) electrons. The fourth-order valence-electron chi connectivity index (χ4n) is 4.13. The highest BCUT2D eigenvalue weighted by Gasteiger charge is 2.27. The molecule has 1 heterocycles. The van der Waals surface area contributed by atoms with E-state index in [9.17, 15) is 8.42 Å². The Bertz CT molecular complexity index is 1500. The minimum absolute atomic E-state index is 0.0599. The second-order valence-corrected chi connectivity index (χ2v) is 11.2. The van der Waals surface area contributed by atoms with Crippen LogP contribution >= 0.6 is 11.8 Å². The van der Waals surface area contributed by atoms with E-state index in [4.69, 9.17) is 4.42 Å². The average Bonchev–Trinajstić information content (AvgIpc) is 3.35. The number of fused-ring (bicyclic) bond motifs is 1. The molecule has 0 fully saturated rings. The number of benzene rings is 4. The van der Waals surface area contributed by atoms with Gasteiger partial charge >= 0.3 is 0 Å². The molecule has 0 saturated heterocycles. The van der Waals surface area contributed by atoms with Crippen LogP contribution in [-0.2, 0) is 15.8 Å². The highest BCUT2D eigenvalue weighted by atomic mass is 32.2. The average molecular weight is 515 g/mol. The standard InChI is InChI=1S/C29H26N2O3S2/c1-21(23-10-4-2-5-11-23)28(24-12-6-3-7-13-24)31-36(32,33)25-18-16-22(17-19-25)20-35-29-30-26-14-8-9-15-27(26)34-29/h2-19,21,28,31H,20H2,1H3. The largest absolute Gasteiger partial charge is 0.431 e. The Labute approximate surface area is 215 Å². The summed E-state index contributed by atoms with van der Waals surface area (Å²) in [5, 5.41) is 0.593. The van der Waals surface area contributed by atoms with Crippen molar-refractivity contribution in [2.45, 2.75) is 34.8 Å². The van der Waals surface area contributed by atoms with E-state index in [1.807, 2.05) is 104 Å². The topological polar surface area (TPSA) is 72.2 Å². The number of sulfonamides is 1.